The van der Waals surface area contributed by atoms with E-state index in [2.05, 4.69) is 21.7 Å². The zero-order valence-corrected chi connectivity index (χ0v) is 23.8. The van der Waals surface area contributed by atoms with Gasteiger partial charge < -0.3 is 19.7 Å². The number of aryl methyl sites for hydroxylation is 1. The van der Waals surface area contributed by atoms with Gasteiger partial charge in [0.2, 0.25) is 11.8 Å². The lowest BCUT2D eigenvalue weighted by Gasteiger charge is -2.33. The molecule has 40 heavy (non-hydrogen) atoms. The molecule has 5 heterocycles. The number of nitriles is 1. The topological polar surface area (TPSA) is 136 Å². The monoisotopic (exact) mass is 566 g/mol. The number of anilines is 3. The predicted octanol–water partition coefficient (Wildman–Crippen LogP) is 2.16. The summed E-state index contributed by atoms with van der Waals surface area (Å²) in [5, 5.41) is 15.9. The van der Waals surface area contributed by atoms with Crippen LogP contribution in [0, 0.1) is 11.3 Å². The number of methoxy groups -OCH3 is 2. The van der Waals surface area contributed by atoms with Crippen LogP contribution in [0.15, 0.2) is 18.3 Å². The molecule has 0 aliphatic carbocycles. The number of aromatic nitrogens is 2. The van der Waals surface area contributed by atoms with Gasteiger partial charge in [0.15, 0.2) is 0 Å². The molecule has 3 aliphatic rings. The van der Waals surface area contributed by atoms with Crippen LogP contribution < -0.4 is 20.3 Å². The summed E-state index contributed by atoms with van der Waals surface area (Å²) in [5.74, 6) is 3.07. The lowest BCUT2D eigenvalue weighted by atomic mass is 10.0. The Morgan fingerprint density at radius 1 is 1.25 bits per heavy atom. The van der Waals surface area contributed by atoms with Crippen LogP contribution in [0.2, 0.25) is 0 Å². The molecule has 2 atom stereocenters. The van der Waals surface area contributed by atoms with E-state index >= 15 is 0 Å². The minimum atomic E-state index is -0.369. The third-order valence-corrected chi connectivity index (χ3v) is 8.60. The maximum atomic E-state index is 13.4. The van der Waals surface area contributed by atoms with Crippen LogP contribution in [0.1, 0.15) is 23.1 Å². The number of carbonyl (C=O) groups is 2. The van der Waals surface area contributed by atoms with Crippen LogP contribution in [-0.4, -0.2) is 103 Å². The van der Waals surface area contributed by atoms with E-state index in [4.69, 9.17) is 14.5 Å². The summed E-state index contributed by atoms with van der Waals surface area (Å²) in [4.78, 5) is 40.4. The van der Waals surface area contributed by atoms with Gasteiger partial charge >= 0.3 is 6.03 Å². The largest absolute Gasteiger partial charge is 0.481 e. The molecule has 0 radical (unpaired) electrons. The lowest BCUT2D eigenvalue weighted by molar-refractivity contribution is -0.136. The van der Waals surface area contributed by atoms with Crippen molar-refractivity contribution in [2.24, 2.45) is 0 Å². The zero-order valence-electron chi connectivity index (χ0n) is 23.0. The molecule has 2 aromatic heterocycles. The highest BCUT2D eigenvalue weighted by molar-refractivity contribution is 7.99. The molecule has 2 aromatic rings. The first-order chi connectivity index (χ1) is 19.4. The van der Waals surface area contributed by atoms with Crippen LogP contribution in [0.3, 0.4) is 0 Å². The number of fused-ring (bicyclic) bond motifs is 1. The minimum Gasteiger partial charge on any atom is -0.481 e. The number of nitrogens with one attached hydrogen (secondary N) is 2. The standard InChI is InChI=1S/C27H34N8O4S/c1-33-7-8-34(24(36)14-33)13-18-9-17-5-4-6-35(25(17)32-26(18)39-3)27(37)31-23-10-20(19(11-28)12-29-23)30-21-15-40-16-22(21)38-2/h9-10,12,21-22H,4-8,13-16H2,1-3H3,(H2,29,30,31,37). The molecule has 12 nitrogen and oxygen atoms in total. The van der Waals surface area contributed by atoms with Gasteiger partial charge in [0, 0.05) is 56.1 Å². The summed E-state index contributed by atoms with van der Waals surface area (Å²) in [6, 6.07) is 5.53. The fourth-order valence-electron chi connectivity index (χ4n) is 5.22. The highest BCUT2D eigenvalue weighted by atomic mass is 32.2. The van der Waals surface area contributed by atoms with Crippen molar-refractivity contribution < 1.29 is 19.1 Å². The minimum absolute atomic E-state index is 0.0351. The van der Waals surface area contributed by atoms with Crippen molar-refractivity contribution in [2.45, 2.75) is 31.5 Å². The number of nitrogens with zero attached hydrogens (tertiary/aromatic N) is 6. The molecule has 13 heteroatoms. The second kappa shape index (κ2) is 12.3. The molecule has 5 rings (SSSR count). The maximum absolute atomic E-state index is 13.4. The summed E-state index contributed by atoms with van der Waals surface area (Å²) < 4.78 is 11.2. The Labute approximate surface area is 238 Å². The van der Waals surface area contributed by atoms with E-state index in [1.165, 1.54) is 6.20 Å². The van der Waals surface area contributed by atoms with Crippen molar-refractivity contribution in [1.82, 2.24) is 19.8 Å². The Morgan fingerprint density at radius 2 is 2.10 bits per heavy atom. The van der Waals surface area contributed by atoms with E-state index in [1.807, 2.05) is 22.9 Å². The van der Waals surface area contributed by atoms with E-state index in [9.17, 15) is 14.9 Å². The molecule has 3 amide bonds. The molecule has 0 aromatic carbocycles. The van der Waals surface area contributed by atoms with Gasteiger partial charge in [-0.25, -0.2) is 9.78 Å². The summed E-state index contributed by atoms with van der Waals surface area (Å²) in [6.45, 7) is 2.75. The summed E-state index contributed by atoms with van der Waals surface area (Å²) in [7, 11) is 5.17. The van der Waals surface area contributed by atoms with Gasteiger partial charge in [0.05, 0.1) is 43.6 Å². The van der Waals surface area contributed by atoms with Crippen molar-refractivity contribution in [3.8, 4) is 11.9 Å². The van der Waals surface area contributed by atoms with E-state index in [0.717, 1.165) is 42.0 Å². The molecule has 2 N–H and O–H groups in total. The number of rotatable bonds is 7. The van der Waals surface area contributed by atoms with Crippen molar-refractivity contribution >= 4 is 41.0 Å². The van der Waals surface area contributed by atoms with Gasteiger partial charge in [0.25, 0.3) is 0 Å². The van der Waals surface area contributed by atoms with Crippen LogP contribution >= 0.6 is 11.8 Å². The van der Waals surface area contributed by atoms with Gasteiger partial charge in [-0.3, -0.25) is 19.9 Å². The number of thioether (sulfide) groups is 1. The second-order valence-electron chi connectivity index (χ2n) is 10.2. The van der Waals surface area contributed by atoms with Crippen molar-refractivity contribution in [3.63, 3.8) is 0 Å². The molecule has 2 saturated heterocycles. The average Bonchev–Trinajstić information content (AvgIpc) is 3.41. The normalized spacial score (nSPS) is 21.1. The van der Waals surface area contributed by atoms with Gasteiger partial charge in [-0.15, -0.1) is 0 Å². The Kier molecular flexibility index (Phi) is 8.58. The fourth-order valence-corrected chi connectivity index (χ4v) is 6.51. The Balaban J connectivity index is 1.34. The Hall–Kier alpha value is -3.60. The number of urea groups is 1. The van der Waals surface area contributed by atoms with Crippen molar-refractivity contribution in [1.29, 1.82) is 5.26 Å². The van der Waals surface area contributed by atoms with Gasteiger partial charge in [0.1, 0.15) is 17.7 Å². The Morgan fingerprint density at radius 3 is 2.85 bits per heavy atom. The number of likely N-dealkylation sites (N-methyl/N-ethyl adjacent to an activating group) is 1. The number of ether oxygens (including phenoxy) is 2. The number of carbonyl (C=O) groups excluding carboxylic acids is 2. The first-order valence-corrected chi connectivity index (χ1v) is 14.4. The van der Waals surface area contributed by atoms with E-state index in [-0.39, 0.29) is 24.1 Å². The highest BCUT2D eigenvalue weighted by Gasteiger charge is 2.30. The van der Waals surface area contributed by atoms with E-state index in [0.29, 0.717) is 54.9 Å². The van der Waals surface area contributed by atoms with Crippen LogP contribution in [0.5, 0.6) is 5.88 Å². The quantitative estimate of drug-likeness (QED) is 0.513. The van der Waals surface area contributed by atoms with Crippen LogP contribution in [0.4, 0.5) is 22.1 Å². The van der Waals surface area contributed by atoms with Crippen LogP contribution in [0.25, 0.3) is 0 Å². The fraction of sp³-hybridized carbons (Fsp3) is 0.519. The molecule has 0 saturated carbocycles. The molecule has 2 unspecified atom stereocenters. The van der Waals surface area contributed by atoms with E-state index < -0.39 is 0 Å². The second-order valence-corrected chi connectivity index (χ2v) is 11.2. The molecule has 212 valence electrons. The lowest BCUT2D eigenvalue weighted by Crippen LogP contribution is -2.48. The Bertz CT molecular complexity index is 1320. The van der Waals surface area contributed by atoms with Gasteiger partial charge in [-0.1, -0.05) is 0 Å². The number of hydrogen-bond donors (Lipinski definition) is 2. The first-order valence-electron chi connectivity index (χ1n) is 13.3. The van der Waals surface area contributed by atoms with Crippen molar-refractivity contribution in [3.05, 3.63) is 35.0 Å². The van der Waals surface area contributed by atoms with Gasteiger partial charge in [-0.05, 0) is 31.5 Å². The molecule has 0 bridgehead atoms. The summed E-state index contributed by atoms with van der Waals surface area (Å²) >= 11 is 1.79. The zero-order chi connectivity index (χ0) is 28.2. The molecular weight excluding hydrogens is 532 g/mol. The number of pyridine rings is 2. The summed E-state index contributed by atoms with van der Waals surface area (Å²) in [5.41, 5.74) is 2.75. The number of hydrogen-bond acceptors (Lipinski definition) is 10. The molecule has 0 spiro atoms. The van der Waals surface area contributed by atoms with E-state index in [1.54, 1.807) is 36.9 Å². The van der Waals surface area contributed by atoms with Crippen LogP contribution in [-0.2, 0) is 22.5 Å². The smallest absolute Gasteiger partial charge is 0.328 e. The van der Waals surface area contributed by atoms with Crippen molar-refractivity contribution in [2.75, 3.05) is 74.5 Å². The molecule has 2 fully saturated rings. The number of amides is 3. The predicted molar refractivity (Wildman–Crippen MR) is 153 cm³/mol. The summed E-state index contributed by atoms with van der Waals surface area (Å²) in [6.07, 6.45) is 3.03. The average molecular weight is 567 g/mol. The number of piperazine rings is 1. The van der Waals surface area contributed by atoms with Gasteiger partial charge in [-0.2, -0.15) is 22.0 Å². The maximum Gasteiger partial charge on any atom is 0.328 e. The third-order valence-electron chi connectivity index (χ3n) is 7.44. The first kappa shape index (κ1) is 27.9. The molecule has 3 aliphatic heterocycles. The third kappa shape index (κ3) is 5.94. The molecular formula is C27H34N8O4S. The highest BCUT2D eigenvalue weighted by Crippen LogP contribution is 2.32. The SMILES string of the molecule is COc1nc2c(cc1CN1CCN(C)CC1=O)CCCN2C(=O)Nc1cc(NC2CSCC2OC)c(C#N)cn1.